The minimum atomic E-state index is -0.289. The number of nitrogens with one attached hydrogen (secondary N) is 2. The highest BCUT2D eigenvalue weighted by Gasteiger charge is 2.51. The molecule has 4 nitrogen and oxygen atoms in total. The predicted molar refractivity (Wildman–Crippen MR) is 95.9 cm³/mol. The van der Waals surface area contributed by atoms with Gasteiger partial charge in [-0.05, 0) is 74.8 Å². The molecule has 4 aliphatic carbocycles. The Morgan fingerprint density at radius 2 is 1.71 bits per heavy atom. The standard InChI is InChI=1S/C18H22Cl2N2O2/c1-9-13(19)5-14(16(23)15(9)20)21-17(24)22-18-6-10-2-11(7-18)4-12(3-10)8-18/h5,10-12,23H,2-4,6-8H2,1H3,(H2,21,22,24). The van der Waals surface area contributed by atoms with E-state index in [1.54, 1.807) is 6.92 Å². The summed E-state index contributed by atoms with van der Waals surface area (Å²) < 4.78 is 0. The van der Waals surface area contributed by atoms with Crippen LogP contribution in [0.1, 0.15) is 44.1 Å². The van der Waals surface area contributed by atoms with Crippen molar-refractivity contribution in [2.24, 2.45) is 17.8 Å². The summed E-state index contributed by atoms with van der Waals surface area (Å²) in [6.45, 7) is 1.73. The molecule has 1 aromatic rings. The van der Waals surface area contributed by atoms with E-state index in [-0.39, 0.29) is 28.0 Å². The lowest BCUT2D eigenvalue weighted by molar-refractivity contribution is -0.0127. The van der Waals surface area contributed by atoms with Crippen molar-refractivity contribution in [2.75, 3.05) is 5.32 Å². The van der Waals surface area contributed by atoms with Gasteiger partial charge in [0, 0.05) is 10.6 Å². The van der Waals surface area contributed by atoms with E-state index in [1.807, 2.05) is 0 Å². The van der Waals surface area contributed by atoms with E-state index in [0.717, 1.165) is 37.0 Å². The van der Waals surface area contributed by atoms with Gasteiger partial charge in [-0.2, -0.15) is 0 Å². The Hall–Kier alpha value is -1.13. The quantitative estimate of drug-likeness (QED) is 0.636. The first kappa shape index (κ1) is 16.3. The number of carbonyl (C=O) groups is 1. The molecule has 4 saturated carbocycles. The summed E-state index contributed by atoms with van der Waals surface area (Å²) in [5.41, 5.74) is 0.771. The molecular weight excluding hydrogens is 347 g/mol. The average Bonchev–Trinajstić information content (AvgIpc) is 2.48. The molecule has 0 radical (unpaired) electrons. The largest absolute Gasteiger partial charge is 0.504 e. The summed E-state index contributed by atoms with van der Waals surface area (Å²) in [6.07, 6.45) is 7.21. The monoisotopic (exact) mass is 368 g/mol. The smallest absolute Gasteiger partial charge is 0.319 e. The molecular formula is C18H22Cl2N2O2. The number of hydrogen-bond acceptors (Lipinski definition) is 2. The van der Waals surface area contributed by atoms with Gasteiger partial charge >= 0.3 is 6.03 Å². The Morgan fingerprint density at radius 3 is 2.25 bits per heavy atom. The van der Waals surface area contributed by atoms with E-state index in [4.69, 9.17) is 23.2 Å². The third-order valence-corrected chi connectivity index (χ3v) is 6.94. The van der Waals surface area contributed by atoms with Crippen molar-refractivity contribution >= 4 is 34.9 Å². The maximum atomic E-state index is 12.5. The van der Waals surface area contributed by atoms with Crippen LogP contribution < -0.4 is 10.6 Å². The summed E-state index contributed by atoms with van der Waals surface area (Å²) in [5, 5.41) is 16.7. The van der Waals surface area contributed by atoms with Crippen LogP contribution in [-0.2, 0) is 0 Å². The number of amides is 2. The number of aromatic hydroxyl groups is 1. The van der Waals surface area contributed by atoms with E-state index in [1.165, 1.54) is 25.3 Å². The van der Waals surface area contributed by atoms with Gasteiger partial charge in [0.15, 0.2) is 5.75 Å². The molecule has 6 heteroatoms. The Morgan fingerprint density at radius 1 is 1.17 bits per heavy atom. The number of phenolic OH excluding ortho intramolecular Hbond substituents is 1. The number of urea groups is 1. The van der Waals surface area contributed by atoms with Crippen molar-refractivity contribution < 1.29 is 9.90 Å². The SMILES string of the molecule is Cc1c(Cl)cc(NC(=O)NC23CC4CC(CC(C4)C2)C3)c(O)c1Cl. The number of carbonyl (C=O) groups excluding carboxylic acids is 1. The Bertz CT molecular complexity index is 669. The van der Waals surface area contributed by atoms with Crippen LogP contribution in [0.5, 0.6) is 5.75 Å². The summed E-state index contributed by atoms with van der Waals surface area (Å²) in [7, 11) is 0. The number of anilines is 1. The van der Waals surface area contributed by atoms with Crippen molar-refractivity contribution in [2.45, 2.75) is 51.0 Å². The van der Waals surface area contributed by atoms with Gasteiger partial charge in [0.2, 0.25) is 0 Å². The zero-order valence-electron chi connectivity index (χ0n) is 13.7. The minimum absolute atomic E-state index is 0.0766. The molecule has 0 atom stereocenters. The highest BCUT2D eigenvalue weighted by Crippen LogP contribution is 2.55. The average molecular weight is 369 g/mol. The lowest BCUT2D eigenvalue weighted by Crippen LogP contribution is -2.60. The number of rotatable bonds is 2. The lowest BCUT2D eigenvalue weighted by atomic mass is 9.53. The van der Waals surface area contributed by atoms with E-state index in [0.29, 0.717) is 10.6 Å². The van der Waals surface area contributed by atoms with Crippen LogP contribution in [0.3, 0.4) is 0 Å². The third kappa shape index (κ3) is 2.74. The molecule has 4 bridgehead atoms. The van der Waals surface area contributed by atoms with Crippen LogP contribution >= 0.6 is 23.2 Å². The molecule has 130 valence electrons. The second-order valence-corrected chi connectivity index (χ2v) is 8.76. The van der Waals surface area contributed by atoms with E-state index >= 15 is 0 Å². The zero-order chi connectivity index (χ0) is 17.1. The molecule has 0 spiro atoms. The van der Waals surface area contributed by atoms with E-state index < -0.39 is 0 Å². The van der Waals surface area contributed by atoms with Gasteiger partial charge in [0.05, 0.1) is 10.7 Å². The summed E-state index contributed by atoms with van der Waals surface area (Å²) in [5.74, 6) is 2.13. The van der Waals surface area contributed by atoms with Gasteiger partial charge in [-0.25, -0.2) is 4.79 Å². The molecule has 0 unspecified atom stereocenters. The van der Waals surface area contributed by atoms with Crippen LogP contribution in [-0.4, -0.2) is 16.7 Å². The molecule has 0 aliphatic heterocycles. The fraction of sp³-hybridized carbons (Fsp3) is 0.611. The molecule has 0 heterocycles. The van der Waals surface area contributed by atoms with Crippen LogP contribution in [0.2, 0.25) is 10.0 Å². The first-order chi connectivity index (χ1) is 11.3. The lowest BCUT2D eigenvalue weighted by Gasteiger charge is -2.56. The topological polar surface area (TPSA) is 61.4 Å². The third-order valence-electron chi connectivity index (χ3n) is 6.09. The predicted octanol–water partition coefficient (Wildman–Crippen LogP) is 5.10. The molecule has 4 fully saturated rings. The fourth-order valence-corrected chi connectivity index (χ4v) is 5.91. The van der Waals surface area contributed by atoms with Gasteiger partial charge in [-0.15, -0.1) is 0 Å². The van der Waals surface area contributed by atoms with Crippen molar-refractivity contribution in [1.29, 1.82) is 0 Å². The molecule has 0 aromatic heterocycles. The summed E-state index contributed by atoms with van der Waals surface area (Å²) in [6, 6.07) is 1.25. The summed E-state index contributed by atoms with van der Waals surface area (Å²) in [4.78, 5) is 12.5. The van der Waals surface area contributed by atoms with E-state index in [2.05, 4.69) is 10.6 Å². The number of benzene rings is 1. The molecule has 1 aromatic carbocycles. The Balaban J connectivity index is 1.50. The number of halogens is 2. The van der Waals surface area contributed by atoms with Crippen molar-refractivity contribution in [1.82, 2.24) is 5.32 Å². The van der Waals surface area contributed by atoms with Crippen molar-refractivity contribution in [3.05, 3.63) is 21.7 Å². The van der Waals surface area contributed by atoms with Gasteiger partial charge < -0.3 is 15.7 Å². The van der Waals surface area contributed by atoms with Gasteiger partial charge in [0.25, 0.3) is 0 Å². The van der Waals surface area contributed by atoms with E-state index in [9.17, 15) is 9.90 Å². The van der Waals surface area contributed by atoms with Gasteiger partial charge in [-0.3, -0.25) is 0 Å². The molecule has 3 N–H and O–H groups in total. The molecule has 4 aliphatic rings. The number of hydrogen-bond donors (Lipinski definition) is 3. The van der Waals surface area contributed by atoms with Crippen LogP contribution in [0.15, 0.2) is 6.07 Å². The first-order valence-electron chi connectivity index (χ1n) is 8.62. The summed E-state index contributed by atoms with van der Waals surface area (Å²) >= 11 is 12.2. The van der Waals surface area contributed by atoms with Gasteiger partial charge in [0.1, 0.15) is 0 Å². The molecule has 24 heavy (non-hydrogen) atoms. The molecule has 0 saturated heterocycles. The zero-order valence-corrected chi connectivity index (χ0v) is 15.2. The van der Waals surface area contributed by atoms with Crippen molar-refractivity contribution in [3.63, 3.8) is 0 Å². The maximum Gasteiger partial charge on any atom is 0.319 e. The Kier molecular flexibility index (Phi) is 3.88. The maximum absolute atomic E-state index is 12.5. The van der Waals surface area contributed by atoms with Crippen LogP contribution in [0, 0.1) is 24.7 Å². The highest BCUT2D eigenvalue weighted by atomic mass is 35.5. The fourth-order valence-electron chi connectivity index (χ4n) is 5.46. The van der Waals surface area contributed by atoms with Gasteiger partial charge in [-0.1, -0.05) is 23.2 Å². The first-order valence-corrected chi connectivity index (χ1v) is 9.37. The van der Waals surface area contributed by atoms with Crippen LogP contribution in [0.4, 0.5) is 10.5 Å². The highest BCUT2D eigenvalue weighted by molar-refractivity contribution is 6.37. The Labute approximate surface area is 151 Å². The second-order valence-electron chi connectivity index (χ2n) is 7.97. The van der Waals surface area contributed by atoms with Crippen LogP contribution in [0.25, 0.3) is 0 Å². The molecule has 5 rings (SSSR count). The second kappa shape index (κ2) is 5.70. The van der Waals surface area contributed by atoms with Crippen molar-refractivity contribution in [3.8, 4) is 5.75 Å². The molecule has 2 amide bonds. The normalized spacial score (nSPS) is 33.5. The minimum Gasteiger partial charge on any atom is -0.504 e. The number of phenols is 1.